The number of alkyl halides is 3. The Hall–Kier alpha value is -2.24. The third-order valence-electron chi connectivity index (χ3n) is 3.62. The lowest BCUT2D eigenvalue weighted by molar-refractivity contribution is -0.142. The van der Waals surface area contributed by atoms with Gasteiger partial charge in [0.2, 0.25) is 0 Å². The molecule has 154 valence electrons. The molecule has 0 aliphatic heterocycles. The van der Waals surface area contributed by atoms with E-state index >= 15 is 0 Å². The van der Waals surface area contributed by atoms with E-state index in [1.54, 1.807) is 13.1 Å². The summed E-state index contributed by atoms with van der Waals surface area (Å²) in [6.45, 7) is 4.33. The fraction of sp³-hybridized carbons (Fsp3) is 0.333. The van der Waals surface area contributed by atoms with Crippen LogP contribution < -0.4 is 15.4 Å². The average molecular weight is 509 g/mol. The van der Waals surface area contributed by atoms with Gasteiger partial charge in [0.05, 0.1) is 0 Å². The standard InChI is InChI=1S/C18H22F3N5O.HI/c1-4-9-27-15-8-6-5-7-13(15)10-23-17(22-2)24-11-14-12-26(3)25-16(14)18(19,20)21;/h4-8,12H,1,9-11H2,2-3H3,(H2,22,23,24);1H. The molecule has 2 aromatic rings. The van der Waals surface area contributed by atoms with E-state index in [1.165, 1.54) is 13.2 Å². The molecule has 6 nitrogen and oxygen atoms in total. The highest BCUT2D eigenvalue weighted by Crippen LogP contribution is 2.30. The highest BCUT2D eigenvalue weighted by atomic mass is 127. The number of rotatable bonds is 7. The molecule has 0 radical (unpaired) electrons. The van der Waals surface area contributed by atoms with Gasteiger partial charge < -0.3 is 15.4 Å². The molecule has 0 bridgehead atoms. The molecule has 2 rings (SSSR count). The molecule has 2 N–H and O–H groups in total. The summed E-state index contributed by atoms with van der Waals surface area (Å²) in [5.41, 5.74) is 0.0263. The molecule has 0 atom stereocenters. The maximum absolute atomic E-state index is 13.0. The van der Waals surface area contributed by atoms with E-state index in [9.17, 15) is 13.2 Å². The number of aliphatic imine (C=N–C) groups is 1. The summed E-state index contributed by atoms with van der Waals surface area (Å²) in [4.78, 5) is 4.04. The number of halogens is 4. The Morgan fingerprint density at radius 1 is 1.25 bits per heavy atom. The number of hydrogen-bond acceptors (Lipinski definition) is 3. The molecule has 28 heavy (non-hydrogen) atoms. The van der Waals surface area contributed by atoms with Gasteiger partial charge in [-0.3, -0.25) is 9.67 Å². The molecule has 0 saturated carbocycles. The van der Waals surface area contributed by atoms with Gasteiger partial charge in [-0.15, -0.1) is 24.0 Å². The Morgan fingerprint density at radius 2 is 1.89 bits per heavy atom. The second kappa shape index (κ2) is 10.9. The van der Waals surface area contributed by atoms with Gasteiger partial charge in [-0.2, -0.15) is 18.3 Å². The minimum atomic E-state index is -4.50. The van der Waals surface area contributed by atoms with E-state index in [4.69, 9.17) is 4.74 Å². The number of nitrogens with zero attached hydrogens (tertiary/aromatic N) is 3. The molecule has 1 heterocycles. The molecular weight excluding hydrogens is 486 g/mol. The van der Waals surface area contributed by atoms with Crippen LogP contribution in [0.3, 0.4) is 0 Å². The molecule has 1 aromatic heterocycles. The van der Waals surface area contributed by atoms with Crippen molar-refractivity contribution in [1.82, 2.24) is 20.4 Å². The van der Waals surface area contributed by atoms with Gasteiger partial charge in [0.1, 0.15) is 12.4 Å². The first-order valence-electron chi connectivity index (χ1n) is 8.21. The zero-order valence-electron chi connectivity index (χ0n) is 15.6. The lowest BCUT2D eigenvalue weighted by atomic mass is 10.2. The zero-order chi connectivity index (χ0) is 19.9. The maximum atomic E-state index is 13.0. The first-order chi connectivity index (χ1) is 12.8. The maximum Gasteiger partial charge on any atom is 0.435 e. The van der Waals surface area contributed by atoms with E-state index < -0.39 is 11.9 Å². The number of guanidine groups is 1. The van der Waals surface area contributed by atoms with Gasteiger partial charge in [0.25, 0.3) is 0 Å². The van der Waals surface area contributed by atoms with Gasteiger partial charge in [-0.1, -0.05) is 30.9 Å². The summed E-state index contributed by atoms with van der Waals surface area (Å²) in [5, 5.41) is 9.42. The topological polar surface area (TPSA) is 63.5 Å². The summed E-state index contributed by atoms with van der Waals surface area (Å²) in [6, 6.07) is 7.46. The van der Waals surface area contributed by atoms with Crippen molar-refractivity contribution in [2.24, 2.45) is 12.0 Å². The minimum Gasteiger partial charge on any atom is -0.489 e. The van der Waals surface area contributed by atoms with Crippen molar-refractivity contribution in [3.63, 3.8) is 0 Å². The summed E-state index contributed by atoms with van der Waals surface area (Å²) in [7, 11) is 3.00. The molecule has 0 aliphatic carbocycles. The lowest BCUT2D eigenvalue weighted by Gasteiger charge is -2.14. The van der Waals surface area contributed by atoms with Crippen LogP contribution in [0.5, 0.6) is 5.75 Å². The predicted molar refractivity (Wildman–Crippen MR) is 113 cm³/mol. The molecule has 0 fully saturated rings. The fourth-order valence-corrected chi connectivity index (χ4v) is 2.42. The Kier molecular flexibility index (Phi) is 9.29. The number of benzene rings is 1. The van der Waals surface area contributed by atoms with Gasteiger partial charge in [0.15, 0.2) is 11.7 Å². The van der Waals surface area contributed by atoms with Crippen LogP contribution in [0.1, 0.15) is 16.8 Å². The zero-order valence-corrected chi connectivity index (χ0v) is 17.9. The van der Waals surface area contributed by atoms with Gasteiger partial charge in [0, 0.05) is 44.5 Å². The Bertz CT molecular complexity index is 805. The van der Waals surface area contributed by atoms with Crippen LogP contribution in [0.25, 0.3) is 0 Å². The van der Waals surface area contributed by atoms with E-state index in [0.29, 0.717) is 24.9 Å². The first-order valence-corrected chi connectivity index (χ1v) is 8.21. The van der Waals surface area contributed by atoms with Crippen LogP contribution in [0.15, 0.2) is 48.1 Å². The number of nitrogens with one attached hydrogen (secondary N) is 2. The summed E-state index contributed by atoms with van der Waals surface area (Å²) < 4.78 is 45.8. The molecule has 0 spiro atoms. The number of aryl methyl sites for hydroxylation is 1. The molecular formula is C18H23F3IN5O. The first kappa shape index (κ1) is 23.8. The molecule has 0 saturated heterocycles. The monoisotopic (exact) mass is 509 g/mol. The Morgan fingerprint density at radius 3 is 2.50 bits per heavy atom. The van der Waals surface area contributed by atoms with Gasteiger partial charge in [-0.05, 0) is 6.07 Å². The van der Waals surface area contributed by atoms with Gasteiger partial charge >= 0.3 is 6.18 Å². The van der Waals surface area contributed by atoms with Crippen molar-refractivity contribution in [3.8, 4) is 5.75 Å². The number of ether oxygens (including phenoxy) is 1. The number of para-hydroxylation sites is 1. The lowest BCUT2D eigenvalue weighted by Crippen LogP contribution is -2.36. The predicted octanol–water partition coefficient (Wildman–Crippen LogP) is 3.49. The van der Waals surface area contributed by atoms with Crippen LogP contribution in [0.4, 0.5) is 13.2 Å². The van der Waals surface area contributed by atoms with Crippen LogP contribution in [0, 0.1) is 0 Å². The molecule has 10 heteroatoms. The van der Waals surface area contributed by atoms with E-state index in [2.05, 4.69) is 27.3 Å². The fourth-order valence-electron chi connectivity index (χ4n) is 2.42. The van der Waals surface area contributed by atoms with Crippen molar-refractivity contribution < 1.29 is 17.9 Å². The summed E-state index contributed by atoms with van der Waals surface area (Å²) in [5.74, 6) is 1.07. The van der Waals surface area contributed by atoms with Crippen LogP contribution in [-0.4, -0.2) is 29.4 Å². The normalized spacial score (nSPS) is 11.5. The van der Waals surface area contributed by atoms with Gasteiger partial charge in [-0.25, -0.2) is 0 Å². The SMILES string of the molecule is C=CCOc1ccccc1CNC(=NC)NCc1cn(C)nc1C(F)(F)F.I. The van der Waals surface area contributed by atoms with Crippen molar-refractivity contribution in [2.45, 2.75) is 19.3 Å². The van der Waals surface area contributed by atoms with E-state index in [0.717, 1.165) is 10.2 Å². The summed E-state index contributed by atoms with van der Waals surface area (Å²) in [6.07, 6.45) is -1.52. The molecule has 0 aliphatic rings. The van der Waals surface area contributed by atoms with Crippen molar-refractivity contribution in [2.75, 3.05) is 13.7 Å². The van der Waals surface area contributed by atoms with Crippen LogP contribution >= 0.6 is 24.0 Å². The number of hydrogen-bond donors (Lipinski definition) is 2. The highest BCUT2D eigenvalue weighted by molar-refractivity contribution is 14.0. The van der Waals surface area contributed by atoms with E-state index in [-0.39, 0.29) is 36.1 Å². The van der Waals surface area contributed by atoms with Crippen molar-refractivity contribution >= 4 is 29.9 Å². The van der Waals surface area contributed by atoms with Crippen molar-refractivity contribution in [1.29, 1.82) is 0 Å². The van der Waals surface area contributed by atoms with Crippen molar-refractivity contribution in [3.05, 3.63) is 59.9 Å². The second-order valence-corrected chi connectivity index (χ2v) is 5.66. The Labute approximate surface area is 178 Å². The molecule has 0 amide bonds. The minimum absolute atomic E-state index is 0. The third-order valence-corrected chi connectivity index (χ3v) is 3.62. The molecule has 1 aromatic carbocycles. The number of aromatic nitrogens is 2. The second-order valence-electron chi connectivity index (χ2n) is 5.66. The van der Waals surface area contributed by atoms with Crippen LogP contribution in [-0.2, 0) is 26.3 Å². The van der Waals surface area contributed by atoms with E-state index in [1.807, 2.05) is 24.3 Å². The quantitative estimate of drug-likeness (QED) is 0.260. The Balaban J connectivity index is 0.00000392. The smallest absolute Gasteiger partial charge is 0.435 e. The highest BCUT2D eigenvalue weighted by Gasteiger charge is 2.36. The van der Waals surface area contributed by atoms with Crippen LogP contribution in [0.2, 0.25) is 0 Å². The average Bonchev–Trinajstić information content (AvgIpc) is 3.02. The third kappa shape index (κ3) is 6.73. The summed E-state index contributed by atoms with van der Waals surface area (Å²) >= 11 is 0. The molecule has 0 unspecified atom stereocenters. The largest absolute Gasteiger partial charge is 0.489 e.